The van der Waals surface area contributed by atoms with Crippen LogP contribution < -0.4 is 5.32 Å². The molecule has 0 saturated carbocycles. The average molecular weight is 298 g/mol. The van der Waals surface area contributed by atoms with Crippen LogP contribution in [0.1, 0.15) is 16.8 Å². The van der Waals surface area contributed by atoms with E-state index < -0.39 is 0 Å². The van der Waals surface area contributed by atoms with Gasteiger partial charge in [0.15, 0.2) is 0 Å². The van der Waals surface area contributed by atoms with Crippen LogP contribution in [0, 0.1) is 19.7 Å². The van der Waals surface area contributed by atoms with E-state index in [0.717, 1.165) is 17.1 Å². The Hall–Kier alpha value is -1.59. The van der Waals surface area contributed by atoms with Crippen molar-refractivity contribution in [1.29, 1.82) is 0 Å². The van der Waals surface area contributed by atoms with E-state index in [-0.39, 0.29) is 12.4 Å². The Labute approximate surface area is 122 Å². The van der Waals surface area contributed by atoms with Crippen LogP contribution in [-0.4, -0.2) is 21.5 Å². The van der Waals surface area contributed by atoms with Crippen molar-refractivity contribution in [3.05, 3.63) is 45.9 Å². The number of aliphatic hydroxyl groups excluding tert-OH is 1. The first-order chi connectivity index (χ1) is 9.52. The molecule has 2 N–H and O–H groups in total. The minimum absolute atomic E-state index is 0.000760. The van der Waals surface area contributed by atoms with Crippen molar-refractivity contribution < 1.29 is 9.50 Å². The summed E-state index contributed by atoms with van der Waals surface area (Å²) in [6.07, 6.45) is 0. The molecule has 0 fully saturated rings. The molecule has 20 heavy (non-hydrogen) atoms. The van der Waals surface area contributed by atoms with Gasteiger partial charge in [0.1, 0.15) is 11.6 Å². The van der Waals surface area contributed by atoms with Crippen LogP contribution >= 0.6 is 11.6 Å². The Morgan fingerprint density at radius 2 is 2.15 bits per heavy atom. The molecule has 2 rings (SSSR count). The van der Waals surface area contributed by atoms with Crippen molar-refractivity contribution in [1.82, 2.24) is 9.78 Å². The van der Waals surface area contributed by atoms with Crippen LogP contribution in [0.3, 0.4) is 0 Å². The van der Waals surface area contributed by atoms with Crippen molar-refractivity contribution >= 4 is 17.4 Å². The van der Waals surface area contributed by atoms with Crippen LogP contribution in [0.4, 0.5) is 10.2 Å². The second-order valence-corrected chi connectivity index (χ2v) is 5.03. The number of benzene rings is 1. The molecule has 4 nitrogen and oxygen atoms in total. The van der Waals surface area contributed by atoms with E-state index in [4.69, 9.17) is 16.7 Å². The molecule has 0 amide bonds. The van der Waals surface area contributed by atoms with E-state index in [9.17, 15) is 4.39 Å². The first-order valence-electron chi connectivity index (χ1n) is 6.35. The van der Waals surface area contributed by atoms with Gasteiger partial charge in [-0.15, -0.1) is 0 Å². The minimum atomic E-state index is -0.301. The lowest BCUT2D eigenvalue weighted by molar-refractivity contribution is 0.270. The molecule has 1 aromatic heterocycles. The SMILES string of the molecule is Cc1nn(CCO)c(NCc2cc(Cl)ccc2F)c1C. The molecule has 6 heteroatoms. The molecular formula is C14H17ClFN3O. The van der Waals surface area contributed by atoms with Gasteiger partial charge in [-0.3, -0.25) is 0 Å². The highest BCUT2D eigenvalue weighted by Gasteiger charge is 2.12. The van der Waals surface area contributed by atoms with Crippen molar-refractivity contribution in [2.75, 3.05) is 11.9 Å². The lowest BCUT2D eigenvalue weighted by Gasteiger charge is -2.11. The number of rotatable bonds is 5. The van der Waals surface area contributed by atoms with E-state index in [1.54, 1.807) is 10.7 Å². The number of nitrogens with one attached hydrogen (secondary N) is 1. The summed E-state index contributed by atoms with van der Waals surface area (Å²) in [5, 5.41) is 17.0. The maximum absolute atomic E-state index is 13.7. The molecule has 1 aromatic carbocycles. The van der Waals surface area contributed by atoms with Gasteiger partial charge < -0.3 is 10.4 Å². The van der Waals surface area contributed by atoms with Gasteiger partial charge in [-0.2, -0.15) is 5.10 Å². The summed E-state index contributed by atoms with van der Waals surface area (Å²) in [6.45, 7) is 4.54. The number of hydrogen-bond donors (Lipinski definition) is 2. The summed E-state index contributed by atoms with van der Waals surface area (Å²) < 4.78 is 15.4. The van der Waals surface area contributed by atoms with Crippen molar-refractivity contribution in [3.63, 3.8) is 0 Å². The highest BCUT2D eigenvalue weighted by atomic mass is 35.5. The zero-order valence-electron chi connectivity index (χ0n) is 11.5. The molecule has 0 radical (unpaired) electrons. The number of aromatic nitrogens is 2. The van der Waals surface area contributed by atoms with Crippen LogP contribution in [0.5, 0.6) is 0 Å². The lowest BCUT2D eigenvalue weighted by atomic mass is 10.2. The summed E-state index contributed by atoms with van der Waals surface area (Å²) in [6, 6.07) is 4.47. The fourth-order valence-electron chi connectivity index (χ4n) is 2.01. The lowest BCUT2D eigenvalue weighted by Crippen LogP contribution is -2.11. The van der Waals surface area contributed by atoms with Gasteiger partial charge in [-0.25, -0.2) is 9.07 Å². The smallest absolute Gasteiger partial charge is 0.128 e. The highest BCUT2D eigenvalue weighted by molar-refractivity contribution is 6.30. The molecule has 0 spiro atoms. The third kappa shape index (κ3) is 3.11. The normalized spacial score (nSPS) is 10.8. The Morgan fingerprint density at radius 1 is 1.40 bits per heavy atom. The first-order valence-corrected chi connectivity index (χ1v) is 6.73. The van der Waals surface area contributed by atoms with Crippen molar-refractivity contribution in [2.45, 2.75) is 26.9 Å². The zero-order valence-corrected chi connectivity index (χ0v) is 12.2. The molecule has 0 atom stereocenters. The fraction of sp³-hybridized carbons (Fsp3) is 0.357. The number of halogens is 2. The predicted octanol–water partition coefficient (Wildman–Crippen LogP) is 2.90. The third-order valence-electron chi connectivity index (χ3n) is 3.19. The minimum Gasteiger partial charge on any atom is -0.394 e. The van der Waals surface area contributed by atoms with Gasteiger partial charge in [0.2, 0.25) is 0 Å². The fourth-order valence-corrected chi connectivity index (χ4v) is 2.20. The molecule has 108 valence electrons. The Morgan fingerprint density at radius 3 is 2.85 bits per heavy atom. The van der Waals surface area contributed by atoms with Gasteiger partial charge in [0.25, 0.3) is 0 Å². The maximum Gasteiger partial charge on any atom is 0.128 e. The summed E-state index contributed by atoms with van der Waals surface area (Å²) >= 11 is 5.87. The summed E-state index contributed by atoms with van der Waals surface area (Å²) in [5.41, 5.74) is 2.36. The molecule has 0 unspecified atom stereocenters. The van der Waals surface area contributed by atoms with E-state index in [0.29, 0.717) is 23.7 Å². The monoisotopic (exact) mass is 297 g/mol. The second-order valence-electron chi connectivity index (χ2n) is 4.60. The summed E-state index contributed by atoms with van der Waals surface area (Å²) in [5.74, 6) is 0.487. The van der Waals surface area contributed by atoms with E-state index >= 15 is 0 Å². The number of hydrogen-bond acceptors (Lipinski definition) is 3. The first kappa shape index (κ1) is 14.8. The zero-order chi connectivity index (χ0) is 14.7. The van der Waals surface area contributed by atoms with Crippen molar-refractivity contribution in [3.8, 4) is 0 Å². The number of aliphatic hydroxyl groups is 1. The molecule has 0 saturated heterocycles. The molecule has 0 aliphatic carbocycles. The molecule has 0 aliphatic heterocycles. The molecule has 0 bridgehead atoms. The quantitative estimate of drug-likeness (QED) is 0.892. The van der Waals surface area contributed by atoms with Crippen LogP contribution in [-0.2, 0) is 13.1 Å². The molecule has 2 aromatic rings. The molecular weight excluding hydrogens is 281 g/mol. The van der Waals surface area contributed by atoms with Gasteiger partial charge in [0.05, 0.1) is 18.8 Å². The highest BCUT2D eigenvalue weighted by Crippen LogP contribution is 2.21. The van der Waals surface area contributed by atoms with Crippen molar-refractivity contribution in [2.24, 2.45) is 0 Å². The van der Waals surface area contributed by atoms with E-state index in [1.165, 1.54) is 12.1 Å². The number of anilines is 1. The maximum atomic E-state index is 13.7. The predicted molar refractivity (Wildman–Crippen MR) is 77.5 cm³/mol. The largest absolute Gasteiger partial charge is 0.394 e. The van der Waals surface area contributed by atoms with Gasteiger partial charge in [-0.1, -0.05) is 11.6 Å². The summed E-state index contributed by atoms with van der Waals surface area (Å²) in [4.78, 5) is 0. The van der Waals surface area contributed by atoms with Gasteiger partial charge >= 0.3 is 0 Å². The van der Waals surface area contributed by atoms with Crippen LogP contribution in [0.15, 0.2) is 18.2 Å². The molecule has 1 heterocycles. The van der Waals surface area contributed by atoms with Gasteiger partial charge in [-0.05, 0) is 32.0 Å². The summed E-state index contributed by atoms with van der Waals surface area (Å²) in [7, 11) is 0. The topological polar surface area (TPSA) is 50.1 Å². The number of nitrogens with zero attached hydrogens (tertiary/aromatic N) is 2. The van der Waals surface area contributed by atoms with E-state index in [2.05, 4.69) is 10.4 Å². The van der Waals surface area contributed by atoms with Gasteiger partial charge in [0, 0.05) is 22.7 Å². The van der Waals surface area contributed by atoms with Crippen LogP contribution in [0.25, 0.3) is 0 Å². The Kier molecular flexibility index (Phi) is 4.62. The average Bonchev–Trinajstić information content (AvgIpc) is 2.67. The molecule has 0 aliphatic rings. The van der Waals surface area contributed by atoms with Crippen LogP contribution in [0.2, 0.25) is 5.02 Å². The second kappa shape index (κ2) is 6.24. The van der Waals surface area contributed by atoms with E-state index in [1.807, 2.05) is 13.8 Å². The standard InChI is InChI=1S/C14H17ClFN3O/c1-9-10(2)18-19(5-6-20)14(9)17-8-11-7-12(15)3-4-13(11)16/h3-4,7,17,20H,5-6,8H2,1-2H3. The number of aryl methyl sites for hydroxylation is 1. The Balaban J connectivity index is 2.20. The third-order valence-corrected chi connectivity index (χ3v) is 3.43. The Bertz CT molecular complexity index is 613.